The van der Waals surface area contributed by atoms with Gasteiger partial charge in [-0.05, 0) is 57.4 Å². The van der Waals surface area contributed by atoms with Gasteiger partial charge in [0.15, 0.2) is 0 Å². The van der Waals surface area contributed by atoms with Gasteiger partial charge in [0, 0.05) is 18.1 Å². The number of nitrogens with one attached hydrogen (secondary N) is 1. The molecule has 1 aromatic rings. The topological polar surface area (TPSA) is 15.3 Å². The summed E-state index contributed by atoms with van der Waals surface area (Å²) in [6.07, 6.45) is 5.89. The Bertz CT molecular complexity index is 451. The fraction of sp³-hybridized carbons (Fsp3) is 0.600. The third-order valence-corrected chi connectivity index (χ3v) is 4.89. The summed E-state index contributed by atoms with van der Waals surface area (Å²) in [4.78, 5) is 2.38. The van der Waals surface area contributed by atoms with E-state index in [1.807, 2.05) is 7.05 Å². The molecular formula is C15H20ClFN2. The molecule has 0 aromatic heterocycles. The molecule has 1 aromatic carbocycles. The van der Waals surface area contributed by atoms with Gasteiger partial charge in [0.2, 0.25) is 0 Å². The van der Waals surface area contributed by atoms with Crippen molar-refractivity contribution in [3.05, 3.63) is 29.0 Å². The lowest BCUT2D eigenvalue weighted by Gasteiger charge is -2.50. The molecule has 2 aliphatic heterocycles. The molecule has 2 aliphatic rings. The zero-order valence-corrected chi connectivity index (χ0v) is 12.0. The van der Waals surface area contributed by atoms with Gasteiger partial charge in [0.05, 0.1) is 10.7 Å². The Morgan fingerprint density at radius 3 is 2.58 bits per heavy atom. The van der Waals surface area contributed by atoms with E-state index in [0.717, 1.165) is 18.5 Å². The number of rotatable bonds is 2. The van der Waals surface area contributed by atoms with Gasteiger partial charge in [-0.1, -0.05) is 11.6 Å². The molecule has 3 rings (SSSR count). The highest BCUT2D eigenvalue weighted by atomic mass is 35.5. The van der Waals surface area contributed by atoms with Crippen molar-refractivity contribution < 1.29 is 4.39 Å². The third-order valence-electron chi connectivity index (χ3n) is 4.57. The van der Waals surface area contributed by atoms with Crippen molar-refractivity contribution in [2.75, 3.05) is 11.9 Å². The summed E-state index contributed by atoms with van der Waals surface area (Å²) >= 11 is 6.29. The predicted octanol–water partition coefficient (Wildman–Crippen LogP) is 3.59. The van der Waals surface area contributed by atoms with Gasteiger partial charge < -0.3 is 10.2 Å². The van der Waals surface area contributed by atoms with Crippen molar-refractivity contribution in [1.29, 1.82) is 0 Å². The predicted molar refractivity (Wildman–Crippen MR) is 77.4 cm³/mol. The largest absolute Gasteiger partial charge is 0.364 e. The average molecular weight is 283 g/mol. The van der Waals surface area contributed by atoms with E-state index >= 15 is 0 Å². The van der Waals surface area contributed by atoms with Crippen LogP contribution in [-0.2, 0) is 0 Å². The van der Waals surface area contributed by atoms with Crippen LogP contribution < -0.4 is 10.2 Å². The van der Waals surface area contributed by atoms with E-state index in [1.165, 1.54) is 25.3 Å². The second-order valence-corrected chi connectivity index (χ2v) is 6.11. The maximum atomic E-state index is 13.5. The molecule has 2 fully saturated rings. The molecule has 1 N–H and O–H groups in total. The third kappa shape index (κ3) is 2.46. The van der Waals surface area contributed by atoms with Crippen LogP contribution in [0.15, 0.2) is 18.2 Å². The van der Waals surface area contributed by atoms with Gasteiger partial charge in [-0.25, -0.2) is 4.39 Å². The Labute approximate surface area is 118 Å². The number of hydrogen-bond donors (Lipinski definition) is 1. The summed E-state index contributed by atoms with van der Waals surface area (Å²) in [5.74, 6) is -0.201. The molecule has 2 saturated heterocycles. The first-order valence-corrected chi connectivity index (χ1v) is 7.47. The summed E-state index contributed by atoms with van der Waals surface area (Å²) in [5, 5.41) is 4.06. The number of benzene rings is 1. The van der Waals surface area contributed by atoms with Crippen molar-refractivity contribution in [2.24, 2.45) is 0 Å². The summed E-state index contributed by atoms with van der Waals surface area (Å²) in [6, 6.07) is 6.26. The van der Waals surface area contributed by atoms with E-state index in [1.54, 1.807) is 12.1 Å². The smallest absolute Gasteiger partial charge is 0.125 e. The summed E-state index contributed by atoms with van der Waals surface area (Å²) < 4.78 is 13.5. The lowest BCUT2D eigenvalue weighted by Crippen LogP contribution is -2.56. The van der Waals surface area contributed by atoms with Gasteiger partial charge in [0.25, 0.3) is 0 Å². The summed E-state index contributed by atoms with van der Waals surface area (Å²) in [5.41, 5.74) is 0.880. The molecule has 4 heteroatoms. The van der Waals surface area contributed by atoms with Crippen LogP contribution in [0.5, 0.6) is 0 Å². The molecule has 0 saturated carbocycles. The van der Waals surface area contributed by atoms with E-state index in [4.69, 9.17) is 11.6 Å². The molecule has 2 atom stereocenters. The lowest BCUT2D eigenvalue weighted by atomic mass is 9.81. The highest BCUT2D eigenvalue weighted by Crippen LogP contribution is 2.40. The van der Waals surface area contributed by atoms with Crippen LogP contribution in [-0.4, -0.2) is 25.2 Å². The Morgan fingerprint density at radius 2 is 1.95 bits per heavy atom. The van der Waals surface area contributed by atoms with Crippen LogP contribution in [0.25, 0.3) is 0 Å². The molecule has 2 unspecified atom stereocenters. The molecule has 2 bridgehead atoms. The molecule has 0 aliphatic carbocycles. The monoisotopic (exact) mass is 282 g/mol. The van der Waals surface area contributed by atoms with Crippen LogP contribution >= 0.6 is 11.6 Å². The van der Waals surface area contributed by atoms with Crippen molar-refractivity contribution in [3.63, 3.8) is 0 Å². The molecule has 0 amide bonds. The molecule has 2 heterocycles. The van der Waals surface area contributed by atoms with E-state index in [9.17, 15) is 4.39 Å². The van der Waals surface area contributed by atoms with Gasteiger partial charge >= 0.3 is 0 Å². The zero-order chi connectivity index (χ0) is 13.4. The first-order valence-electron chi connectivity index (χ1n) is 7.09. The zero-order valence-electron chi connectivity index (χ0n) is 11.2. The molecule has 104 valence electrons. The quantitative estimate of drug-likeness (QED) is 0.892. The Balaban J connectivity index is 1.93. The molecule has 0 spiro atoms. The molecule has 0 radical (unpaired) electrons. The average Bonchev–Trinajstić information content (AvgIpc) is 2.40. The fourth-order valence-corrected chi connectivity index (χ4v) is 3.91. The standard InChI is InChI=1S/C15H20ClFN2/c1-18-11-8-12-3-2-4-13(9-11)19(12)15-7-10(17)5-6-14(15)16/h5-7,11-13,18H,2-4,8-9H2,1H3. The number of fused-ring (bicyclic) bond motifs is 2. The van der Waals surface area contributed by atoms with E-state index in [-0.39, 0.29) is 5.82 Å². The molecular weight excluding hydrogens is 263 g/mol. The van der Waals surface area contributed by atoms with Crippen molar-refractivity contribution in [3.8, 4) is 0 Å². The summed E-state index contributed by atoms with van der Waals surface area (Å²) in [6.45, 7) is 0. The van der Waals surface area contributed by atoms with E-state index in [2.05, 4.69) is 10.2 Å². The minimum absolute atomic E-state index is 0.201. The second-order valence-electron chi connectivity index (χ2n) is 5.70. The fourth-order valence-electron chi connectivity index (χ4n) is 3.69. The number of nitrogens with zero attached hydrogens (tertiary/aromatic N) is 1. The van der Waals surface area contributed by atoms with Crippen LogP contribution in [0.4, 0.5) is 10.1 Å². The highest BCUT2D eigenvalue weighted by Gasteiger charge is 2.38. The van der Waals surface area contributed by atoms with Crippen molar-refractivity contribution >= 4 is 17.3 Å². The molecule has 19 heavy (non-hydrogen) atoms. The number of hydrogen-bond acceptors (Lipinski definition) is 2. The van der Waals surface area contributed by atoms with Crippen LogP contribution in [0.3, 0.4) is 0 Å². The van der Waals surface area contributed by atoms with Crippen LogP contribution in [0.2, 0.25) is 5.02 Å². The number of halogens is 2. The van der Waals surface area contributed by atoms with Crippen molar-refractivity contribution in [1.82, 2.24) is 5.32 Å². The van der Waals surface area contributed by atoms with Gasteiger partial charge in [0.1, 0.15) is 5.82 Å². The summed E-state index contributed by atoms with van der Waals surface area (Å²) in [7, 11) is 2.03. The van der Waals surface area contributed by atoms with E-state index < -0.39 is 0 Å². The first-order chi connectivity index (χ1) is 9.19. The lowest BCUT2D eigenvalue weighted by molar-refractivity contribution is 0.252. The maximum Gasteiger partial charge on any atom is 0.125 e. The Hall–Kier alpha value is -0.800. The van der Waals surface area contributed by atoms with Gasteiger partial charge in [-0.2, -0.15) is 0 Å². The Morgan fingerprint density at radius 1 is 1.26 bits per heavy atom. The molecule has 2 nitrogen and oxygen atoms in total. The van der Waals surface area contributed by atoms with Crippen molar-refractivity contribution in [2.45, 2.75) is 50.2 Å². The SMILES string of the molecule is CNC1CC2CCCC(C1)N2c1cc(F)ccc1Cl. The maximum absolute atomic E-state index is 13.5. The number of piperidine rings is 2. The van der Waals surface area contributed by atoms with E-state index in [0.29, 0.717) is 23.1 Å². The Kier molecular flexibility index (Phi) is 3.68. The van der Waals surface area contributed by atoms with Crippen LogP contribution in [0, 0.1) is 5.82 Å². The van der Waals surface area contributed by atoms with Gasteiger partial charge in [-0.3, -0.25) is 0 Å². The normalized spacial score (nSPS) is 30.5. The van der Waals surface area contributed by atoms with Gasteiger partial charge in [-0.15, -0.1) is 0 Å². The highest BCUT2D eigenvalue weighted by molar-refractivity contribution is 6.33. The minimum Gasteiger partial charge on any atom is -0.364 e. The number of anilines is 1. The van der Waals surface area contributed by atoms with Crippen LogP contribution in [0.1, 0.15) is 32.1 Å². The second kappa shape index (κ2) is 5.29. The first kappa shape index (κ1) is 13.2. The minimum atomic E-state index is -0.201.